The molecule has 0 aromatic carbocycles. The van der Waals surface area contributed by atoms with Gasteiger partial charge in [0.25, 0.3) is 0 Å². The number of hydrogen-bond donors (Lipinski definition) is 0. The van der Waals surface area contributed by atoms with Crippen LogP contribution in [0.1, 0.15) is 0 Å². The summed E-state index contributed by atoms with van der Waals surface area (Å²) in [7, 11) is 10.2. The molecule has 0 amide bonds. The molecule has 1 saturated heterocycles. The van der Waals surface area contributed by atoms with Crippen molar-refractivity contribution in [1.82, 2.24) is 38.9 Å². The normalized spacial score (nSPS) is 24.5. The van der Waals surface area contributed by atoms with Crippen molar-refractivity contribution in [2.45, 2.75) is 0 Å². The van der Waals surface area contributed by atoms with Gasteiger partial charge in [-0.15, -0.1) is 29.9 Å². The number of aromatic nitrogens is 6. The van der Waals surface area contributed by atoms with Crippen LogP contribution in [0, 0.1) is 0 Å². The molecule has 0 unspecified atom stereocenters. The Balaban J connectivity index is 1.87. The lowest BCUT2D eigenvalue weighted by atomic mass is 10.2. The monoisotopic (exact) mass is 394 g/mol. The Morgan fingerprint density at radius 3 is 0.964 bits per heavy atom. The van der Waals surface area contributed by atoms with Crippen molar-refractivity contribution in [3.8, 4) is 24.0 Å². The van der Waals surface area contributed by atoms with E-state index in [9.17, 15) is 0 Å². The number of methoxy groups -OCH3 is 4. The highest BCUT2D eigenvalue weighted by Crippen LogP contribution is 2.28. The van der Waals surface area contributed by atoms with Crippen LogP contribution in [0.5, 0.6) is 24.0 Å². The second kappa shape index (κ2) is 7.64. The average Bonchev–Trinajstić information content (AvgIpc) is 2.75. The van der Waals surface area contributed by atoms with Crippen LogP contribution in [0.3, 0.4) is 0 Å². The van der Waals surface area contributed by atoms with Crippen LogP contribution in [0.4, 0.5) is 11.9 Å². The quantitative estimate of drug-likeness (QED) is 0.604. The number of hydrogen-bond acceptors (Lipinski definition) is 10. The molecule has 0 atom stereocenters. The van der Waals surface area contributed by atoms with Gasteiger partial charge in [-0.3, -0.25) is 8.97 Å². The van der Waals surface area contributed by atoms with Gasteiger partial charge in [-0.05, 0) is 0 Å². The predicted molar refractivity (Wildman–Crippen MR) is 101 cm³/mol. The highest BCUT2D eigenvalue weighted by Gasteiger charge is 2.44. The fourth-order valence-corrected chi connectivity index (χ4v) is 3.01. The summed E-state index contributed by atoms with van der Waals surface area (Å²) in [4.78, 5) is 25.9. The van der Waals surface area contributed by atoms with Gasteiger partial charge in [0.15, 0.2) is 0 Å². The van der Waals surface area contributed by atoms with Crippen molar-refractivity contribution in [2.75, 3.05) is 68.7 Å². The van der Waals surface area contributed by atoms with Crippen LogP contribution in [0.2, 0.25) is 0 Å². The predicted octanol–water partition coefficient (Wildman–Crippen LogP) is -0.321. The fourth-order valence-electron chi connectivity index (χ4n) is 3.01. The van der Waals surface area contributed by atoms with E-state index >= 15 is 0 Å². The summed E-state index contributed by atoms with van der Waals surface area (Å²) in [5.74, 6) is 1.20. The highest BCUT2D eigenvalue weighted by molar-refractivity contribution is 5.33. The molecule has 2 aromatic rings. The first-order valence-corrected chi connectivity index (χ1v) is 8.74. The Kier molecular flexibility index (Phi) is 5.42. The maximum Gasteiger partial charge on any atom is 0.338 e. The largest absolute Gasteiger partial charge is 0.466 e. The van der Waals surface area contributed by atoms with Crippen LogP contribution in [-0.4, -0.2) is 98.6 Å². The number of ether oxygens (including phenoxy) is 4. The molecule has 3 heterocycles. The first-order valence-electron chi connectivity index (χ1n) is 8.74. The van der Waals surface area contributed by atoms with E-state index in [2.05, 4.69) is 44.0 Å². The molecular weight excluding hydrogens is 368 g/mol. The maximum atomic E-state index is 5.18. The van der Waals surface area contributed by atoms with Crippen molar-refractivity contribution in [1.29, 1.82) is 0 Å². The summed E-state index contributed by atoms with van der Waals surface area (Å²) in [6.45, 7) is 3.01. The molecule has 0 aliphatic carbocycles. The van der Waals surface area contributed by atoms with E-state index in [0.717, 1.165) is 26.2 Å². The third-order valence-electron chi connectivity index (χ3n) is 5.04. The fraction of sp³-hybridized carbons (Fsp3) is 0.625. The zero-order chi connectivity index (χ0) is 20.4. The summed E-state index contributed by atoms with van der Waals surface area (Å²) in [5, 5.41) is 0. The molecular formula is C16H26N8O4+2. The third-order valence-corrected chi connectivity index (χ3v) is 5.04. The minimum atomic E-state index is 0.232. The first-order chi connectivity index (χ1) is 13.4. The van der Waals surface area contributed by atoms with Gasteiger partial charge in [-0.2, -0.15) is 0 Å². The molecule has 0 N–H and O–H groups in total. The van der Waals surface area contributed by atoms with Crippen LogP contribution < -0.4 is 27.9 Å². The summed E-state index contributed by atoms with van der Waals surface area (Å²) < 4.78 is 21.8. The standard InChI is InChI=1S/C16H26N8O4/c1-23(11-17-13(25-3)21-14(18-11)26-4)7-9-24(2,10-8-23)12-19-15(27-5)22-16(20-12)28-6/h7-10H2,1-6H3/q+2. The van der Waals surface area contributed by atoms with Gasteiger partial charge in [-0.25, -0.2) is 0 Å². The van der Waals surface area contributed by atoms with E-state index in [-0.39, 0.29) is 24.0 Å². The van der Waals surface area contributed by atoms with E-state index in [1.54, 1.807) is 0 Å². The van der Waals surface area contributed by atoms with Crippen molar-refractivity contribution in [3.63, 3.8) is 0 Å². The molecule has 1 aliphatic rings. The van der Waals surface area contributed by atoms with Crippen LogP contribution >= 0.6 is 0 Å². The lowest BCUT2D eigenvalue weighted by Gasteiger charge is -2.42. The smallest absolute Gasteiger partial charge is 0.338 e. The number of nitrogens with zero attached hydrogens (tertiary/aromatic N) is 8. The van der Waals surface area contributed by atoms with Crippen molar-refractivity contribution < 1.29 is 18.9 Å². The molecule has 0 saturated carbocycles. The molecule has 0 radical (unpaired) electrons. The molecule has 0 bridgehead atoms. The van der Waals surface area contributed by atoms with E-state index in [4.69, 9.17) is 18.9 Å². The Morgan fingerprint density at radius 1 is 0.500 bits per heavy atom. The minimum Gasteiger partial charge on any atom is -0.466 e. The third kappa shape index (κ3) is 3.73. The van der Waals surface area contributed by atoms with Gasteiger partial charge in [0.2, 0.25) is 0 Å². The lowest BCUT2D eigenvalue weighted by Crippen LogP contribution is -2.66. The topological polar surface area (TPSA) is 114 Å². The SMILES string of the molecule is COc1nc(OC)nc([N+]2(C)CC[N+](C)(c3nc(OC)nc(OC)n3)CC2)n1. The zero-order valence-electron chi connectivity index (χ0n) is 17.0. The maximum absolute atomic E-state index is 5.18. The minimum absolute atomic E-state index is 0.232. The van der Waals surface area contributed by atoms with Gasteiger partial charge in [0, 0.05) is 0 Å². The lowest BCUT2D eigenvalue weighted by molar-refractivity contribution is 0.165. The molecule has 1 fully saturated rings. The zero-order valence-corrected chi connectivity index (χ0v) is 17.0. The van der Waals surface area contributed by atoms with Crippen LogP contribution in [0.15, 0.2) is 0 Å². The van der Waals surface area contributed by atoms with E-state index in [1.165, 1.54) is 28.4 Å². The van der Waals surface area contributed by atoms with E-state index in [0.29, 0.717) is 20.9 Å². The Hall–Kier alpha value is -2.86. The first kappa shape index (κ1) is 19.9. The van der Waals surface area contributed by atoms with Gasteiger partial charge in [-0.1, -0.05) is 0 Å². The van der Waals surface area contributed by atoms with E-state index < -0.39 is 0 Å². The van der Waals surface area contributed by atoms with Crippen molar-refractivity contribution in [2.24, 2.45) is 0 Å². The highest BCUT2D eigenvalue weighted by atomic mass is 16.5. The van der Waals surface area contributed by atoms with Crippen LogP contribution in [0.25, 0.3) is 0 Å². The molecule has 0 spiro atoms. The van der Waals surface area contributed by atoms with Gasteiger partial charge in [0.1, 0.15) is 26.2 Å². The molecule has 12 heteroatoms. The summed E-state index contributed by atoms with van der Waals surface area (Å²) in [6, 6.07) is 0.929. The van der Waals surface area contributed by atoms with Gasteiger partial charge < -0.3 is 18.9 Å². The summed E-state index contributed by atoms with van der Waals surface area (Å²) in [5.41, 5.74) is 0. The summed E-state index contributed by atoms with van der Waals surface area (Å²) >= 11 is 0. The second-order valence-electron chi connectivity index (χ2n) is 6.90. The van der Waals surface area contributed by atoms with Crippen molar-refractivity contribution >= 4 is 11.9 Å². The van der Waals surface area contributed by atoms with Crippen LogP contribution in [-0.2, 0) is 0 Å². The van der Waals surface area contributed by atoms with Gasteiger partial charge in [0.05, 0.1) is 42.5 Å². The number of piperazine rings is 1. The van der Waals surface area contributed by atoms with Crippen molar-refractivity contribution in [3.05, 3.63) is 0 Å². The molecule has 3 rings (SSSR count). The Labute approximate surface area is 163 Å². The molecule has 28 heavy (non-hydrogen) atoms. The molecule has 12 nitrogen and oxygen atoms in total. The number of quaternary nitrogens is 2. The molecule has 2 aromatic heterocycles. The van der Waals surface area contributed by atoms with Gasteiger partial charge >= 0.3 is 35.9 Å². The Morgan fingerprint density at radius 2 is 0.750 bits per heavy atom. The average molecular weight is 394 g/mol. The Bertz CT molecular complexity index is 727. The van der Waals surface area contributed by atoms with E-state index in [1.807, 2.05) is 0 Å². The number of likely N-dealkylation sites (N-methyl/N-ethyl adjacent to an activating group) is 2. The number of rotatable bonds is 6. The molecule has 152 valence electrons. The second-order valence-corrected chi connectivity index (χ2v) is 6.90. The summed E-state index contributed by atoms with van der Waals surface area (Å²) in [6.07, 6.45) is 0. The molecule has 1 aliphatic heterocycles.